The van der Waals surface area contributed by atoms with E-state index in [0.29, 0.717) is 5.56 Å². The van der Waals surface area contributed by atoms with Gasteiger partial charge < -0.3 is 9.84 Å². The summed E-state index contributed by atoms with van der Waals surface area (Å²) in [6, 6.07) is 4.16. The Morgan fingerprint density at radius 2 is 2.06 bits per heavy atom. The average molecular weight is 254 g/mol. The number of aromatic hydroxyl groups is 1. The molecule has 102 valence electrons. The van der Waals surface area contributed by atoms with Crippen molar-refractivity contribution in [2.24, 2.45) is 0 Å². The van der Waals surface area contributed by atoms with E-state index in [2.05, 4.69) is 6.92 Å². The first-order valence-electron chi connectivity index (χ1n) is 6.72. The smallest absolute Gasteiger partial charge is 0.132 e. The summed E-state index contributed by atoms with van der Waals surface area (Å²) >= 11 is 0. The molecule has 0 aliphatic heterocycles. The molecule has 0 unspecified atom stereocenters. The van der Waals surface area contributed by atoms with Gasteiger partial charge in [0.2, 0.25) is 0 Å². The fourth-order valence-corrected chi connectivity index (χ4v) is 1.83. The lowest BCUT2D eigenvalue weighted by Crippen LogP contribution is -2.08. The third kappa shape index (κ3) is 5.50. The molecular formula is C15H23FO2. The average Bonchev–Trinajstić information content (AvgIpc) is 2.33. The molecule has 3 heteroatoms. The van der Waals surface area contributed by atoms with Crippen molar-refractivity contribution >= 4 is 0 Å². The van der Waals surface area contributed by atoms with Crippen molar-refractivity contribution in [1.82, 2.24) is 0 Å². The van der Waals surface area contributed by atoms with E-state index in [1.54, 1.807) is 6.07 Å². The molecule has 18 heavy (non-hydrogen) atoms. The predicted molar refractivity (Wildman–Crippen MR) is 71.1 cm³/mol. The zero-order valence-electron chi connectivity index (χ0n) is 11.3. The molecule has 0 heterocycles. The lowest BCUT2D eigenvalue weighted by atomic mass is 10.1. The Morgan fingerprint density at radius 3 is 2.72 bits per heavy atom. The van der Waals surface area contributed by atoms with Crippen LogP contribution in [0.1, 0.15) is 51.5 Å². The van der Waals surface area contributed by atoms with Gasteiger partial charge in [-0.3, -0.25) is 0 Å². The number of unbranched alkanes of at least 4 members (excludes halogenated alkanes) is 3. The van der Waals surface area contributed by atoms with Gasteiger partial charge in [-0.15, -0.1) is 0 Å². The molecule has 1 N–H and O–H groups in total. The standard InChI is InChI=1S/C15H23FO2/c1-3-4-5-6-7-12(2)18-11-13-8-9-14(17)10-15(13)16/h8-10,12,17H,3-7,11H2,1-2H3/t12-/m1/s1. The first kappa shape index (κ1) is 15.0. The fourth-order valence-electron chi connectivity index (χ4n) is 1.83. The van der Waals surface area contributed by atoms with Crippen LogP contribution in [0.3, 0.4) is 0 Å². The van der Waals surface area contributed by atoms with Crippen LogP contribution in [-0.2, 0) is 11.3 Å². The molecule has 0 fully saturated rings. The molecule has 0 spiro atoms. The minimum atomic E-state index is -0.409. The van der Waals surface area contributed by atoms with Crippen LogP contribution in [0.4, 0.5) is 4.39 Å². The van der Waals surface area contributed by atoms with Crippen molar-refractivity contribution in [2.45, 2.75) is 58.7 Å². The van der Waals surface area contributed by atoms with Crippen molar-refractivity contribution in [3.05, 3.63) is 29.6 Å². The molecule has 0 aliphatic carbocycles. The normalized spacial score (nSPS) is 12.6. The van der Waals surface area contributed by atoms with Crippen LogP contribution in [-0.4, -0.2) is 11.2 Å². The number of phenols is 1. The van der Waals surface area contributed by atoms with Gasteiger partial charge in [0.05, 0.1) is 12.7 Å². The molecule has 1 rings (SSSR count). The topological polar surface area (TPSA) is 29.5 Å². The lowest BCUT2D eigenvalue weighted by molar-refractivity contribution is 0.0443. The zero-order valence-corrected chi connectivity index (χ0v) is 11.3. The Kier molecular flexibility index (Phi) is 6.73. The van der Waals surface area contributed by atoms with Crippen molar-refractivity contribution in [1.29, 1.82) is 0 Å². The molecule has 0 saturated heterocycles. The van der Waals surface area contributed by atoms with E-state index in [0.717, 1.165) is 18.9 Å². The molecule has 1 aromatic rings. The van der Waals surface area contributed by atoms with Crippen molar-refractivity contribution in [2.75, 3.05) is 0 Å². The molecule has 0 amide bonds. The maximum atomic E-state index is 13.4. The van der Waals surface area contributed by atoms with Crippen LogP contribution in [0.5, 0.6) is 5.75 Å². The van der Waals surface area contributed by atoms with Crippen molar-refractivity contribution < 1.29 is 14.2 Å². The SMILES string of the molecule is CCCCCC[C@@H](C)OCc1ccc(O)cc1F. The molecule has 0 aliphatic rings. The van der Waals surface area contributed by atoms with Crippen LogP contribution >= 0.6 is 0 Å². The Labute approximate surface area is 109 Å². The van der Waals surface area contributed by atoms with Gasteiger partial charge in [0, 0.05) is 11.6 Å². The Hall–Kier alpha value is -1.09. The highest BCUT2D eigenvalue weighted by molar-refractivity contribution is 5.27. The highest BCUT2D eigenvalue weighted by Crippen LogP contribution is 2.17. The fraction of sp³-hybridized carbons (Fsp3) is 0.600. The van der Waals surface area contributed by atoms with Crippen LogP contribution in [0, 0.1) is 5.82 Å². The summed E-state index contributed by atoms with van der Waals surface area (Å²) in [5.74, 6) is -0.461. The van der Waals surface area contributed by atoms with E-state index in [4.69, 9.17) is 9.84 Å². The zero-order chi connectivity index (χ0) is 13.4. The first-order chi connectivity index (χ1) is 8.63. The predicted octanol–water partition coefficient (Wildman–Crippen LogP) is 4.41. The molecule has 0 radical (unpaired) electrons. The molecule has 0 bridgehead atoms. The summed E-state index contributed by atoms with van der Waals surface area (Å²) in [7, 11) is 0. The number of hydrogen-bond donors (Lipinski definition) is 1. The molecule has 0 aromatic heterocycles. The van der Waals surface area contributed by atoms with Gasteiger partial charge in [0.1, 0.15) is 11.6 Å². The Morgan fingerprint density at radius 1 is 1.28 bits per heavy atom. The lowest BCUT2D eigenvalue weighted by Gasteiger charge is -2.13. The summed E-state index contributed by atoms with van der Waals surface area (Å²) in [6.07, 6.45) is 6.05. The third-order valence-corrected chi connectivity index (χ3v) is 3.02. The van der Waals surface area contributed by atoms with Gasteiger partial charge in [-0.1, -0.05) is 38.7 Å². The second-order valence-electron chi connectivity index (χ2n) is 4.75. The molecular weight excluding hydrogens is 231 g/mol. The Bertz CT molecular complexity index is 352. The molecule has 1 atom stereocenters. The van der Waals surface area contributed by atoms with Crippen LogP contribution < -0.4 is 0 Å². The summed E-state index contributed by atoms with van der Waals surface area (Å²) < 4.78 is 19.0. The van der Waals surface area contributed by atoms with E-state index in [9.17, 15) is 4.39 Å². The molecule has 1 aromatic carbocycles. The van der Waals surface area contributed by atoms with Gasteiger partial charge in [-0.05, 0) is 19.4 Å². The first-order valence-corrected chi connectivity index (χ1v) is 6.72. The maximum Gasteiger partial charge on any atom is 0.132 e. The van der Waals surface area contributed by atoms with Crippen LogP contribution in [0.15, 0.2) is 18.2 Å². The van der Waals surface area contributed by atoms with E-state index in [1.165, 1.54) is 25.3 Å². The highest BCUT2D eigenvalue weighted by atomic mass is 19.1. The largest absolute Gasteiger partial charge is 0.508 e. The van der Waals surface area contributed by atoms with Crippen molar-refractivity contribution in [3.63, 3.8) is 0 Å². The summed E-state index contributed by atoms with van der Waals surface area (Å²) in [5.41, 5.74) is 0.494. The van der Waals surface area contributed by atoms with Gasteiger partial charge in [-0.25, -0.2) is 4.39 Å². The van der Waals surface area contributed by atoms with E-state index in [-0.39, 0.29) is 18.5 Å². The second kappa shape index (κ2) is 8.09. The van der Waals surface area contributed by atoms with E-state index in [1.807, 2.05) is 6.92 Å². The summed E-state index contributed by atoms with van der Waals surface area (Å²) in [5, 5.41) is 9.10. The van der Waals surface area contributed by atoms with E-state index >= 15 is 0 Å². The minimum absolute atomic E-state index is 0.0520. The monoisotopic (exact) mass is 254 g/mol. The van der Waals surface area contributed by atoms with Gasteiger partial charge in [0.25, 0.3) is 0 Å². The van der Waals surface area contributed by atoms with Gasteiger partial charge >= 0.3 is 0 Å². The number of benzene rings is 1. The second-order valence-corrected chi connectivity index (χ2v) is 4.75. The number of hydrogen-bond acceptors (Lipinski definition) is 2. The minimum Gasteiger partial charge on any atom is -0.508 e. The van der Waals surface area contributed by atoms with Crippen LogP contribution in [0.2, 0.25) is 0 Å². The number of ether oxygens (including phenoxy) is 1. The number of rotatable bonds is 8. The molecule has 2 nitrogen and oxygen atoms in total. The van der Waals surface area contributed by atoms with Gasteiger partial charge in [-0.2, -0.15) is 0 Å². The van der Waals surface area contributed by atoms with Crippen molar-refractivity contribution in [3.8, 4) is 5.75 Å². The molecule has 0 saturated carbocycles. The summed E-state index contributed by atoms with van der Waals surface area (Å²) in [4.78, 5) is 0. The third-order valence-electron chi connectivity index (χ3n) is 3.02. The van der Waals surface area contributed by atoms with E-state index < -0.39 is 5.82 Å². The summed E-state index contributed by atoms with van der Waals surface area (Å²) in [6.45, 7) is 4.47. The quantitative estimate of drug-likeness (QED) is 0.696. The maximum absolute atomic E-state index is 13.4. The highest BCUT2D eigenvalue weighted by Gasteiger charge is 2.06. The number of phenolic OH excluding ortho intramolecular Hbond substituents is 1. The van der Waals surface area contributed by atoms with Crippen LogP contribution in [0.25, 0.3) is 0 Å². The number of halogens is 1. The van der Waals surface area contributed by atoms with Gasteiger partial charge in [0.15, 0.2) is 0 Å². The Balaban J connectivity index is 2.27.